The predicted octanol–water partition coefficient (Wildman–Crippen LogP) is 14.2. The Labute approximate surface area is 362 Å². The molecule has 63 heavy (non-hydrogen) atoms. The van der Waals surface area contributed by atoms with E-state index >= 15 is 0 Å². The minimum absolute atomic E-state index is 0.631. The zero-order valence-electron chi connectivity index (χ0n) is 34.0. The van der Waals surface area contributed by atoms with Crippen LogP contribution >= 0.6 is 0 Å². The minimum Gasteiger partial charge on any atom is -0.309 e. The van der Waals surface area contributed by atoms with Crippen LogP contribution in [0.1, 0.15) is 0 Å². The van der Waals surface area contributed by atoms with Crippen molar-refractivity contribution >= 4 is 65.4 Å². The van der Waals surface area contributed by atoms with Gasteiger partial charge in [0.15, 0.2) is 17.5 Å². The molecule has 294 valence electrons. The van der Waals surface area contributed by atoms with Gasteiger partial charge in [-0.2, -0.15) is 0 Å². The van der Waals surface area contributed by atoms with Gasteiger partial charge in [0, 0.05) is 66.1 Å². The molecule has 0 fully saturated rings. The Bertz CT molecular complexity index is 3820. The standard InChI is InChI=1S/C57H36N6/c1-4-16-37(17-5-1)55-58-56(38-18-6-2-7-19-38)60-57(59-55)39-28-30-41(31-29-39)61-50-27-15-12-24-47(50)53-51(61)35-34-46-44-23-11-14-26-49(44)63(54(46)53)42-32-33-45-43-22-10-13-25-48(43)62(52(45)36-42)40-20-8-3-9-21-40/h1-36H. The van der Waals surface area contributed by atoms with Crippen molar-refractivity contribution in [3.8, 4) is 51.2 Å². The van der Waals surface area contributed by atoms with Crippen molar-refractivity contribution in [1.29, 1.82) is 0 Å². The Morgan fingerprint density at radius 1 is 0.254 bits per heavy atom. The summed E-state index contributed by atoms with van der Waals surface area (Å²) in [6.07, 6.45) is 0. The molecule has 0 aliphatic carbocycles. The minimum atomic E-state index is 0.631. The van der Waals surface area contributed by atoms with Gasteiger partial charge < -0.3 is 13.7 Å². The Morgan fingerprint density at radius 2 is 0.667 bits per heavy atom. The first kappa shape index (κ1) is 35.2. The van der Waals surface area contributed by atoms with Crippen LogP contribution in [-0.2, 0) is 0 Å². The molecular weight excluding hydrogens is 769 g/mol. The second-order valence-electron chi connectivity index (χ2n) is 16.0. The molecule has 0 aliphatic heterocycles. The molecule has 6 nitrogen and oxygen atoms in total. The molecule has 4 heterocycles. The van der Waals surface area contributed by atoms with E-state index in [0.29, 0.717) is 17.5 Å². The van der Waals surface area contributed by atoms with Gasteiger partial charge >= 0.3 is 0 Å². The highest BCUT2D eigenvalue weighted by molar-refractivity contribution is 6.26. The van der Waals surface area contributed by atoms with Crippen LogP contribution < -0.4 is 0 Å². The molecule has 0 spiro atoms. The Hall–Kier alpha value is -8.61. The third-order valence-corrected chi connectivity index (χ3v) is 12.5. The lowest BCUT2D eigenvalue weighted by atomic mass is 10.1. The predicted molar refractivity (Wildman–Crippen MR) is 259 cm³/mol. The number of hydrogen-bond donors (Lipinski definition) is 0. The van der Waals surface area contributed by atoms with Crippen molar-refractivity contribution in [3.05, 3.63) is 218 Å². The fraction of sp³-hybridized carbons (Fsp3) is 0. The topological polar surface area (TPSA) is 53.5 Å². The van der Waals surface area contributed by atoms with E-state index in [-0.39, 0.29) is 0 Å². The van der Waals surface area contributed by atoms with Crippen molar-refractivity contribution in [1.82, 2.24) is 28.7 Å². The van der Waals surface area contributed by atoms with Crippen LogP contribution in [0.4, 0.5) is 0 Å². The van der Waals surface area contributed by atoms with Gasteiger partial charge in [0.2, 0.25) is 0 Å². The number of aromatic nitrogens is 6. The summed E-state index contributed by atoms with van der Waals surface area (Å²) in [4.78, 5) is 14.9. The molecule has 13 rings (SSSR count). The summed E-state index contributed by atoms with van der Waals surface area (Å²) in [5.41, 5.74) is 13.1. The van der Waals surface area contributed by atoms with Crippen molar-refractivity contribution in [2.75, 3.05) is 0 Å². The lowest BCUT2D eigenvalue weighted by Crippen LogP contribution is -2.00. The Kier molecular flexibility index (Phi) is 7.80. The van der Waals surface area contributed by atoms with Crippen molar-refractivity contribution < 1.29 is 0 Å². The smallest absolute Gasteiger partial charge is 0.164 e. The number of fused-ring (bicyclic) bond motifs is 10. The number of nitrogens with zero attached hydrogens (tertiary/aromatic N) is 6. The van der Waals surface area contributed by atoms with Crippen LogP contribution in [0.2, 0.25) is 0 Å². The van der Waals surface area contributed by atoms with E-state index in [0.717, 1.165) is 44.8 Å². The normalized spacial score (nSPS) is 11.8. The summed E-state index contributed by atoms with van der Waals surface area (Å²) in [7, 11) is 0. The maximum atomic E-state index is 5.01. The first-order valence-corrected chi connectivity index (χ1v) is 21.3. The van der Waals surface area contributed by atoms with Gasteiger partial charge in [-0.05, 0) is 72.8 Å². The van der Waals surface area contributed by atoms with Crippen LogP contribution in [-0.4, -0.2) is 28.7 Å². The van der Waals surface area contributed by atoms with Crippen LogP contribution in [0.15, 0.2) is 218 Å². The summed E-state index contributed by atoms with van der Waals surface area (Å²) in [6, 6.07) is 77.4. The molecule has 0 radical (unpaired) electrons. The first-order valence-electron chi connectivity index (χ1n) is 21.3. The highest BCUT2D eigenvalue weighted by Gasteiger charge is 2.22. The molecule has 0 aliphatic rings. The highest BCUT2D eigenvalue weighted by atomic mass is 15.0. The van der Waals surface area contributed by atoms with E-state index in [9.17, 15) is 0 Å². The number of rotatable bonds is 6. The second-order valence-corrected chi connectivity index (χ2v) is 16.0. The molecule has 0 N–H and O–H groups in total. The van der Waals surface area contributed by atoms with Gasteiger partial charge in [-0.15, -0.1) is 0 Å². The van der Waals surface area contributed by atoms with Gasteiger partial charge in [-0.1, -0.05) is 146 Å². The van der Waals surface area contributed by atoms with Gasteiger partial charge in [0.1, 0.15) is 0 Å². The quantitative estimate of drug-likeness (QED) is 0.168. The van der Waals surface area contributed by atoms with Gasteiger partial charge in [0.25, 0.3) is 0 Å². The number of benzene rings is 9. The lowest BCUT2D eigenvalue weighted by Gasteiger charge is -2.12. The molecule has 0 unspecified atom stereocenters. The van der Waals surface area contributed by atoms with E-state index in [1.54, 1.807) is 0 Å². The number of hydrogen-bond acceptors (Lipinski definition) is 3. The van der Waals surface area contributed by atoms with Gasteiger partial charge in [-0.3, -0.25) is 0 Å². The molecule has 0 amide bonds. The largest absolute Gasteiger partial charge is 0.309 e. The fourth-order valence-electron chi connectivity index (χ4n) is 9.71. The van der Waals surface area contributed by atoms with E-state index < -0.39 is 0 Å². The van der Waals surface area contributed by atoms with E-state index in [1.165, 1.54) is 54.4 Å². The van der Waals surface area contributed by atoms with E-state index in [4.69, 9.17) is 15.0 Å². The zero-order chi connectivity index (χ0) is 41.4. The SMILES string of the molecule is c1ccc(-c2nc(-c3ccccc3)nc(-c3ccc(-n4c5ccccc5c5c4ccc4c6ccccc6n(-c6ccc7c8ccccc8n(-c8ccccc8)c7c6)c45)cc3)n2)cc1. The zero-order valence-corrected chi connectivity index (χ0v) is 34.0. The molecular formula is C57H36N6. The van der Waals surface area contributed by atoms with Crippen LogP contribution in [0.5, 0.6) is 0 Å². The molecule has 9 aromatic carbocycles. The molecule has 0 saturated heterocycles. The van der Waals surface area contributed by atoms with Crippen molar-refractivity contribution in [3.63, 3.8) is 0 Å². The van der Waals surface area contributed by atoms with Crippen LogP contribution in [0.3, 0.4) is 0 Å². The lowest BCUT2D eigenvalue weighted by molar-refractivity contribution is 1.07. The maximum Gasteiger partial charge on any atom is 0.164 e. The van der Waals surface area contributed by atoms with Crippen LogP contribution in [0, 0.1) is 0 Å². The highest BCUT2D eigenvalue weighted by Crippen LogP contribution is 2.43. The third-order valence-electron chi connectivity index (χ3n) is 12.5. The third kappa shape index (κ3) is 5.48. The summed E-state index contributed by atoms with van der Waals surface area (Å²) < 4.78 is 7.27. The summed E-state index contributed by atoms with van der Waals surface area (Å²) >= 11 is 0. The summed E-state index contributed by atoms with van der Waals surface area (Å²) in [6.45, 7) is 0. The van der Waals surface area contributed by atoms with Gasteiger partial charge in [-0.25, -0.2) is 15.0 Å². The Morgan fingerprint density at radius 3 is 1.29 bits per heavy atom. The molecule has 0 bridgehead atoms. The molecule has 0 atom stereocenters. The average molecular weight is 805 g/mol. The molecule has 4 aromatic heterocycles. The Balaban J connectivity index is 1.02. The van der Waals surface area contributed by atoms with Crippen molar-refractivity contribution in [2.24, 2.45) is 0 Å². The molecule has 13 aromatic rings. The average Bonchev–Trinajstić information content (AvgIpc) is 4.00. The second kappa shape index (κ2) is 14.0. The number of para-hydroxylation sites is 4. The maximum absolute atomic E-state index is 5.01. The van der Waals surface area contributed by atoms with Crippen LogP contribution in [0.25, 0.3) is 117 Å². The van der Waals surface area contributed by atoms with E-state index in [2.05, 4.69) is 171 Å². The molecule has 0 saturated carbocycles. The first-order chi connectivity index (χ1) is 31.3. The summed E-state index contributed by atoms with van der Waals surface area (Å²) in [5.74, 6) is 1.92. The monoisotopic (exact) mass is 804 g/mol. The van der Waals surface area contributed by atoms with Crippen molar-refractivity contribution in [2.45, 2.75) is 0 Å². The fourth-order valence-corrected chi connectivity index (χ4v) is 9.71. The van der Waals surface area contributed by atoms with Gasteiger partial charge in [0.05, 0.1) is 33.1 Å². The molecule has 6 heteroatoms. The summed E-state index contributed by atoms with van der Waals surface area (Å²) in [5, 5.41) is 7.33. The van der Waals surface area contributed by atoms with E-state index in [1.807, 2.05) is 60.7 Å².